The summed E-state index contributed by atoms with van der Waals surface area (Å²) in [5.41, 5.74) is 7.12. The lowest BCUT2D eigenvalue weighted by Gasteiger charge is -2.26. The van der Waals surface area contributed by atoms with Crippen molar-refractivity contribution in [2.24, 2.45) is 5.41 Å². The summed E-state index contributed by atoms with van der Waals surface area (Å²) in [5.74, 6) is -0.0419. The second-order valence-electron chi connectivity index (χ2n) is 6.33. The van der Waals surface area contributed by atoms with Gasteiger partial charge in [0.2, 0.25) is 5.91 Å². The van der Waals surface area contributed by atoms with Crippen LogP contribution >= 0.6 is 11.6 Å². The number of anilines is 2. The molecule has 1 rings (SSSR count). The lowest BCUT2D eigenvalue weighted by Crippen LogP contribution is -2.31. The smallest absolute Gasteiger partial charge is 0.225 e. The molecule has 0 saturated carbocycles. The first-order valence-electron chi connectivity index (χ1n) is 6.71. The third-order valence-electron chi connectivity index (χ3n) is 2.75. The van der Waals surface area contributed by atoms with Gasteiger partial charge in [-0.1, -0.05) is 32.4 Å². The fourth-order valence-corrected chi connectivity index (χ4v) is 2.22. The Hall–Kier alpha value is -1.26. The Morgan fingerprint density at radius 1 is 1.40 bits per heavy atom. The highest BCUT2D eigenvalue weighted by atomic mass is 35.5. The number of hydrogen-bond donors (Lipinski definition) is 2. The maximum absolute atomic E-state index is 11.9. The molecule has 0 saturated heterocycles. The van der Waals surface area contributed by atoms with Crippen molar-refractivity contribution in [2.45, 2.75) is 27.2 Å². The number of rotatable bonds is 5. The number of benzene rings is 1. The van der Waals surface area contributed by atoms with E-state index in [9.17, 15) is 4.79 Å². The Labute approximate surface area is 126 Å². The van der Waals surface area contributed by atoms with Crippen LogP contribution in [-0.2, 0) is 4.79 Å². The summed E-state index contributed by atoms with van der Waals surface area (Å²) >= 11 is 5.82. The summed E-state index contributed by atoms with van der Waals surface area (Å²) in [5, 5.41) is 3.37. The van der Waals surface area contributed by atoms with Gasteiger partial charge in [0.1, 0.15) is 0 Å². The standard InChI is InChI=1S/C15H24ClN3O/c1-15(2,3)10-19(4)8-7-14(20)18-13-6-5-11(16)9-12(13)17/h5-6,9H,7-8,10,17H2,1-4H3,(H,18,20). The minimum Gasteiger partial charge on any atom is -0.397 e. The summed E-state index contributed by atoms with van der Waals surface area (Å²) in [6.07, 6.45) is 0.439. The molecule has 0 radical (unpaired) electrons. The van der Waals surface area contributed by atoms with E-state index >= 15 is 0 Å². The average molecular weight is 298 g/mol. The van der Waals surface area contributed by atoms with Gasteiger partial charge in [0.05, 0.1) is 11.4 Å². The van der Waals surface area contributed by atoms with Crippen LogP contribution in [0.3, 0.4) is 0 Å². The Balaban J connectivity index is 2.44. The molecule has 0 heterocycles. The van der Waals surface area contributed by atoms with Crippen LogP contribution in [0.15, 0.2) is 18.2 Å². The molecule has 0 bridgehead atoms. The summed E-state index contributed by atoms with van der Waals surface area (Å²) in [4.78, 5) is 14.1. The van der Waals surface area contributed by atoms with Crippen molar-refractivity contribution in [3.8, 4) is 0 Å². The lowest BCUT2D eigenvalue weighted by atomic mass is 9.96. The van der Waals surface area contributed by atoms with Gasteiger partial charge in [-0.25, -0.2) is 0 Å². The molecule has 1 aromatic rings. The first-order valence-corrected chi connectivity index (χ1v) is 7.08. The third kappa shape index (κ3) is 6.26. The fraction of sp³-hybridized carbons (Fsp3) is 0.533. The van der Waals surface area contributed by atoms with Gasteiger partial charge in [0, 0.05) is 24.5 Å². The van der Waals surface area contributed by atoms with Gasteiger partial charge in [0.15, 0.2) is 0 Å². The SMILES string of the molecule is CN(CCC(=O)Nc1ccc(Cl)cc1N)CC(C)(C)C. The molecule has 0 aliphatic carbocycles. The summed E-state index contributed by atoms with van der Waals surface area (Å²) in [6.45, 7) is 8.20. The molecule has 4 nitrogen and oxygen atoms in total. The van der Waals surface area contributed by atoms with Crippen LogP contribution in [0, 0.1) is 5.41 Å². The quantitative estimate of drug-likeness (QED) is 0.820. The highest BCUT2D eigenvalue weighted by Gasteiger charge is 2.14. The molecule has 0 unspecified atom stereocenters. The van der Waals surface area contributed by atoms with Crippen LogP contribution in [0.25, 0.3) is 0 Å². The van der Waals surface area contributed by atoms with E-state index in [1.54, 1.807) is 18.2 Å². The monoisotopic (exact) mass is 297 g/mol. The van der Waals surface area contributed by atoms with E-state index in [0.29, 0.717) is 22.8 Å². The number of carbonyl (C=O) groups excluding carboxylic acids is 1. The van der Waals surface area contributed by atoms with Gasteiger partial charge in [0.25, 0.3) is 0 Å². The highest BCUT2D eigenvalue weighted by molar-refractivity contribution is 6.31. The average Bonchev–Trinajstić information content (AvgIpc) is 2.28. The molecule has 1 aromatic carbocycles. The minimum absolute atomic E-state index is 0.0419. The van der Waals surface area contributed by atoms with Crippen LogP contribution in [0.5, 0.6) is 0 Å². The zero-order valence-corrected chi connectivity index (χ0v) is 13.4. The first kappa shape index (κ1) is 16.8. The van der Waals surface area contributed by atoms with Crippen molar-refractivity contribution in [3.05, 3.63) is 23.2 Å². The number of nitrogens with two attached hydrogens (primary N) is 1. The second kappa shape index (κ2) is 6.95. The Bertz CT molecular complexity index is 469. The topological polar surface area (TPSA) is 58.4 Å². The Morgan fingerprint density at radius 3 is 2.60 bits per heavy atom. The van der Waals surface area contributed by atoms with E-state index in [2.05, 4.69) is 31.0 Å². The molecule has 0 atom stereocenters. The summed E-state index contributed by atoms with van der Waals surface area (Å²) in [6, 6.07) is 5.05. The van der Waals surface area contributed by atoms with Crippen molar-refractivity contribution < 1.29 is 4.79 Å². The van der Waals surface area contributed by atoms with E-state index in [0.717, 1.165) is 13.1 Å². The minimum atomic E-state index is -0.0419. The second-order valence-corrected chi connectivity index (χ2v) is 6.76. The van der Waals surface area contributed by atoms with Crippen molar-refractivity contribution >= 4 is 28.9 Å². The van der Waals surface area contributed by atoms with Crippen LogP contribution in [-0.4, -0.2) is 30.9 Å². The molecule has 112 valence electrons. The van der Waals surface area contributed by atoms with Gasteiger partial charge in [-0.3, -0.25) is 4.79 Å². The number of nitrogens with one attached hydrogen (secondary N) is 1. The zero-order valence-electron chi connectivity index (χ0n) is 12.7. The third-order valence-corrected chi connectivity index (χ3v) is 2.99. The molecule has 3 N–H and O–H groups in total. The van der Waals surface area contributed by atoms with Crippen LogP contribution < -0.4 is 11.1 Å². The van der Waals surface area contributed by atoms with E-state index in [4.69, 9.17) is 17.3 Å². The zero-order chi connectivity index (χ0) is 15.3. The van der Waals surface area contributed by atoms with Gasteiger partial charge in [-0.05, 0) is 30.7 Å². The summed E-state index contributed by atoms with van der Waals surface area (Å²) in [7, 11) is 2.02. The fourth-order valence-electron chi connectivity index (χ4n) is 2.04. The molecule has 1 amide bonds. The van der Waals surface area contributed by atoms with Gasteiger partial charge < -0.3 is 16.0 Å². The highest BCUT2D eigenvalue weighted by Crippen LogP contribution is 2.22. The molecule has 0 spiro atoms. The predicted molar refractivity (Wildman–Crippen MR) is 86.1 cm³/mol. The van der Waals surface area contributed by atoms with Gasteiger partial charge in [-0.2, -0.15) is 0 Å². The molecule has 0 aliphatic heterocycles. The Kier molecular flexibility index (Phi) is 5.84. The molecular formula is C15H24ClN3O. The molecule has 0 aromatic heterocycles. The maximum Gasteiger partial charge on any atom is 0.225 e. The number of halogens is 1. The van der Waals surface area contributed by atoms with Crippen LogP contribution in [0.1, 0.15) is 27.2 Å². The number of carbonyl (C=O) groups is 1. The number of amides is 1. The normalized spacial score (nSPS) is 11.7. The van der Waals surface area contributed by atoms with Crippen molar-refractivity contribution in [2.75, 3.05) is 31.2 Å². The number of nitrogens with zero attached hydrogens (tertiary/aromatic N) is 1. The van der Waals surface area contributed by atoms with Crippen LogP contribution in [0.4, 0.5) is 11.4 Å². The largest absolute Gasteiger partial charge is 0.397 e. The van der Waals surface area contributed by atoms with Crippen molar-refractivity contribution in [1.29, 1.82) is 0 Å². The van der Waals surface area contributed by atoms with Gasteiger partial charge >= 0.3 is 0 Å². The van der Waals surface area contributed by atoms with Gasteiger partial charge in [-0.15, -0.1) is 0 Å². The predicted octanol–water partition coefficient (Wildman–Crippen LogP) is 3.23. The van der Waals surface area contributed by atoms with E-state index in [1.807, 2.05) is 7.05 Å². The lowest BCUT2D eigenvalue weighted by molar-refractivity contribution is -0.116. The first-order chi connectivity index (χ1) is 9.17. The molecule has 20 heavy (non-hydrogen) atoms. The number of nitrogen functional groups attached to an aromatic ring is 1. The Morgan fingerprint density at radius 2 is 2.05 bits per heavy atom. The summed E-state index contributed by atoms with van der Waals surface area (Å²) < 4.78 is 0. The molecule has 5 heteroatoms. The van der Waals surface area contributed by atoms with E-state index in [1.165, 1.54) is 0 Å². The van der Waals surface area contributed by atoms with Crippen molar-refractivity contribution in [1.82, 2.24) is 4.90 Å². The number of hydrogen-bond acceptors (Lipinski definition) is 3. The van der Waals surface area contributed by atoms with E-state index < -0.39 is 0 Å². The van der Waals surface area contributed by atoms with E-state index in [-0.39, 0.29) is 11.3 Å². The maximum atomic E-state index is 11.9. The van der Waals surface area contributed by atoms with Crippen LogP contribution in [0.2, 0.25) is 5.02 Å². The molecular weight excluding hydrogens is 274 g/mol. The van der Waals surface area contributed by atoms with Crippen molar-refractivity contribution in [3.63, 3.8) is 0 Å². The molecule has 0 aliphatic rings. The molecule has 0 fully saturated rings.